The molecule has 2 aromatic heterocycles. The van der Waals surface area contributed by atoms with Gasteiger partial charge in [-0.05, 0) is 36.4 Å². The molecule has 90 valence electrons. The van der Waals surface area contributed by atoms with Crippen LogP contribution in [0.15, 0.2) is 12.1 Å². The molecular formula is C10H14N6O. The van der Waals surface area contributed by atoms with Crippen molar-refractivity contribution in [2.45, 2.75) is 26.1 Å². The minimum Gasteiger partial charge on any atom is -0.372 e. The molecule has 2 aromatic rings. The third-order valence-corrected chi connectivity index (χ3v) is 2.80. The molecule has 0 aliphatic carbocycles. The minimum absolute atomic E-state index is 0.213. The van der Waals surface area contributed by atoms with Gasteiger partial charge in [0, 0.05) is 13.1 Å². The lowest BCUT2D eigenvalue weighted by molar-refractivity contribution is -0.00552. The molecule has 0 amide bonds. The van der Waals surface area contributed by atoms with Crippen molar-refractivity contribution in [2.75, 3.05) is 18.0 Å². The third kappa shape index (κ3) is 1.93. The Morgan fingerprint density at radius 3 is 2.76 bits per heavy atom. The molecule has 0 bridgehead atoms. The molecule has 7 nitrogen and oxygen atoms in total. The summed E-state index contributed by atoms with van der Waals surface area (Å²) in [4.78, 5) is 2.19. The van der Waals surface area contributed by atoms with Crippen molar-refractivity contribution >= 4 is 11.5 Å². The fourth-order valence-corrected chi connectivity index (χ4v) is 2.17. The van der Waals surface area contributed by atoms with E-state index in [0.717, 1.165) is 18.9 Å². The van der Waals surface area contributed by atoms with Gasteiger partial charge >= 0.3 is 0 Å². The van der Waals surface area contributed by atoms with Crippen LogP contribution in [-0.2, 0) is 4.74 Å². The molecule has 1 fully saturated rings. The summed E-state index contributed by atoms with van der Waals surface area (Å²) in [5.41, 5.74) is 0.656. The summed E-state index contributed by atoms with van der Waals surface area (Å²) in [7, 11) is 0. The molecule has 0 radical (unpaired) electrons. The lowest BCUT2D eigenvalue weighted by Crippen LogP contribution is -2.46. The highest BCUT2D eigenvalue weighted by molar-refractivity contribution is 5.44. The number of ether oxygens (including phenoxy) is 1. The van der Waals surface area contributed by atoms with E-state index in [-0.39, 0.29) is 12.2 Å². The first-order chi connectivity index (χ1) is 8.22. The van der Waals surface area contributed by atoms with Crippen LogP contribution in [0.2, 0.25) is 0 Å². The van der Waals surface area contributed by atoms with E-state index < -0.39 is 0 Å². The van der Waals surface area contributed by atoms with Crippen molar-refractivity contribution in [2.24, 2.45) is 0 Å². The normalized spacial score (nSPS) is 25.4. The van der Waals surface area contributed by atoms with Gasteiger partial charge in [0.05, 0.1) is 12.2 Å². The van der Waals surface area contributed by atoms with Crippen LogP contribution in [0.3, 0.4) is 0 Å². The van der Waals surface area contributed by atoms with Crippen LogP contribution in [0.4, 0.5) is 5.82 Å². The van der Waals surface area contributed by atoms with Crippen molar-refractivity contribution < 1.29 is 4.74 Å². The summed E-state index contributed by atoms with van der Waals surface area (Å²) in [6, 6.07) is 3.81. The van der Waals surface area contributed by atoms with E-state index in [1.165, 1.54) is 4.63 Å². The number of anilines is 1. The SMILES string of the molecule is C[C@@H]1CN(c2ccc3nnnn3n2)C[C@@H](C)O1. The summed E-state index contributed by atoms with van der Waals surface area (Å²) in [5, 5.41) is 15.6. The number of aromatic nitrogens is 5. The molecule has 0 saturated carbocycles. The maximum absolute atomic E-state index is 5.69. The number of nitrogens with zero attached hydrogens (tertiary/aromatic N) is 6. The third-order valence-electron chi connectivity index (χ3n) is 2.80. The summed E-state index contributed by atoms with van der Waals surface area (Å²) in [5.74, 6) is 0.881. The van der Waals surface area contributed by atoms with Crippen LogP contribution in [0, 0.1) is 0 Å². The first-order valence-corrected chi connectivity index (χ1v) is 5.68. The Morgan fingerprint density at radius 1 is 1.24 bits per heavy atom. The van der Waals surface area contributed by atoms with E-state index in [9.17, 15) is 0 Å². The number of tetrazole rings is 1. The quantitative estimate of drug-likeness (QED) is 0.698. The highest BCUT2D eigenvalue weighted by atomic mass is 16.5. The highest BCUT2D eigenvalue weighted by Crippen LogP contribution is 2.17. The van der Waals surface area contributed by atoms with Crippen LogP contribution in [-0.4, -0.2) is 50.6 Å². The zero-order valence-corrected chi connectivity index (χ0v) is 9.82. The number of fused-ring (bicyclic) bond motifs is 1. The van der Waals surface area contributed by atoms with Gasteiger partial charge in [-0.3, -0.25) is 0 Å². The second-order valence-electron chi connectivity index (χ2n) is 4.38. The van der Waals surface area contributed by atoms with Gasteiger partial charge in [0.1, 0.15) is 0 Å². The molecule has 17 heavy (non-hydrogen) atoms. The standard InChI is InChI=1S/C10H14N6O/c1-7-5-15(6-8(2)17-7)10-4-3-9-11-13-14-16(9)12-10/h3-4,7-8H,5-6H2,1-2H3/t7-,8-/m1/s1. The van der Waals surface area contributed by atoms with Gasteiger partial charge in [-0.2, -0.15) is 0 Å². The van der Waals surface area contributed by atoms with E-state index in [2.05, 4.69) is 39.4 Å². The van der Waals surface area contributed by atoms with Gasteiger partial charge in [-0.25, -0.2) is 0 Å². The van der Waals surface area contributed by atoms with Crippen molar-refractivity contribution in [3.8, 4) is 0 Å². The molecule has 0 unspecified atom stereocenters. The Balaban J connectivity index is 1.91. The highest BCUT2D eigenvalue weighted by Gasteiger charge is 2.23. The first kappa shape index (κ1) is 10.4. The van der Waals surface area contributed by atoms with Crippen LogP contribution in [0.1, 0.15) is 13.8 Å². The molecule has 1 saturated heterocycles. The topological polar surface area (TPSA) is 68.4 Å². The van der Waals surface area contributed by atoms with E-state index in [0.29, 0.717) is 5.65 Å². The lowest BCUT2D eigenvalue weighted by atomic mass is 10.2. The number of morpholine rings is 1. The fourth-order valence-electron chi connectivity index (χ4n) is 2.17. The Labute approximate surface area is 98.4 Å². The monoisotopic (exact) mass is 234 g/mol. The zero-order chi connectivity index (χ0) is 11.8. The lowest BCUT2D eigenvalue weighted by Gasteiger charge is -2.35. The van der Waals surface area contributed by atoms with Crippen LogP contribution < -0.4 is 4.90 Å². The number of hydrogen-bond acceptors (Lipinski definition) is 6. The van der Waals surface area contributed by atoms with E-state index >= 15 is 0 Å². The average Bonchev–Trinajstić information content (AvgIpc) is 2.74. The number of rotatable bonds is 1. The molecule has 0 aromatic carbocycles. The van der Waals surface area contributed by atoms with Gasteiger partial charge in [-0.15, -0.1) is 14.8 Å². The minimum atomic E-state index is 0.213. The Hall–Kier alpha value is -1.76. The molecule has 2 atom stereocenters. The molecule has 1 aliphatic rings. The number of hydrogen-bond donors (Lipinski definition) is 0. The largest absolute Gasteiger partial charge is 0.372 e. The zero-order valence-electron chi connectivity index (χ0n) is 9.82. The van der Waals surface area contributed by atoms with Crippen molar-refractivity contribution in [3.63, 3.8) is 0 Å². The molecule has 3 heterocycles. The molecule has 0 N–H and O–H groups in total. The molecular weight excluding hydrogens is 220 g/mol. The Morgan fingerprint density at radius 2 is 2.00 bits per heavy atom. The van der Waals surface area contributed by atoms with Crippen molar-refractivity contribution in [3.05, 3.63) is 12.1 Å². The van der Waals surface area contributed by atoms with E-state index in [1.54, 1.807) is 0 Å². The van der Waals surface area contributed by atoms with E-state index in [4.69, 9.17) is 4.74 Å². The average molecular weight is 234 g/mol. The first-order valence-electron chi connectivity index (χ1n) is 5.68. The van der Waals surface area contributed by atoms with Gasteiger partial charge in [0.15, 0.2) is 11.5 Å². The van der Waals surface area contributed by atoms with Gasteiger partial charge < -0.3 is 9.64 Å². The Kier molecular flexibility index (Phi) is 2.40. The molecule has 0 spiro atoms. The van der Waals surface area contributed by atoms with Crippen LogP contribution in [0.25, 0.3) is 5.65 Å². The second kappa shape index (κ2) is 3.92. The Bertz CT molecular complexity index is 516. The summed E-state index contributed by atoms with van der Waals surface area (Å²) in [6.07, 6.45) is 0.426. The second-order valence-corrected chi connectivity index (χ2v) is 4.38. The predicted molar refractivity (Wildman–Crippen MR) is 60.8 cm³/mol. The molecule has 7 heteroatoms. The summed E-state index contributed by atoms with van der Waals surface area (Å²) in [6.45, 7) is 5.81. The van der Waals surface area contributed by atoms with E-state index in [1.807, 2.05) is 12.1 Å². The van der Waals surface area contributed by atoms with Crippen molar-refractivity contribution in [1.29, 1.82) is 0 Å². The summed E-state index contributed by atoms with van der Waals surface area (Å²) < 4.78 is 7.14. The molecule has 3 rings (SSSR count). The maximum Gasteiger partial charge on any atom is 0.200 e. The van der Waals surface area contributed by atoms with Gasteiger partial charge in [0.2, 0.25) is 0 Å². The summed E-state index contributed by atoms with van der Waals surface area (Å²) >= 11 is 0. The molecule has 1 aliphatic heterocycles. The van der Waals surface area contributed by atoms with Gasteiger partial charge in [-0.1, -0.05) is 0 Å². The smallest absolute Gasteiger partial charge is 0.200 e. The van der Waals surface area contributed by atoms with Crippen molar-refractivity contribution in [1.82, 2.24) is 25.3 Å². The van der Waals surface area contributed by atoms with Gasteiger partial charge in [0.25, 0.3) is 0 Å². The van der Waals surface area contributed by atoms with Crippen LogP contribution in [0.5, 0.6) is 0 Å². The maximum atomic E-state index is 5.69. The fraction of sp³-hybridized carbons (Fsp3) is 0.600. The predicted octanol–water partition coefficient (Wildman–Crippen LogP) is 0.133. The van der Waals surface area contributed by atoms with Crippen LogP contribution >= 0.6 is 0 Å².